The van der Waals surface area contributed by atoms with Crippen molar-refractivity contribution in [1.29, 1.82) is 0 Å². The lowest BCUT2D eigenvalue weighted by molar-refractivity contribution is 0.611. The van der Waals surface area contributed by atoms with Gasteiger partial charge in [-0.3, -0.25) is 4.99 Å². The van der Waals surface area contributed by atoms with Gasteiger partial charge in [0, 0.05) is 28.9 Å². The van der Waals surface area contributed by atoms with Gasteiger partial charge >= 0.3 is 0 Å². The highest BCUT2D eigenvalue weighted by Gasteiger charge is 1.98. The van der Waals surface area contributed by atoms with Gasteiger partial charge in [-0.05, 0) is 0 Å². The van der Waals surface area contributed by atoms with Crippen LogP contribution in [0, 0.1) is 0 Å². The smallest absolute Gasteiger partial charge is 0.101 e. The van der Waals surface area contributed by atoms with Gasteiger partial charge in [0.05, 0.1) is 0 Å². The predicted octanol–water partition coefficient (Wildman–Crippen LogP) is 0.640. The van der Waals surface area contributed by atoms with Crippen molar-refractivity contribution in [3.63, 3.8) is 0 Å². The number of aliphatic imine (C=N–C) groups is 1. The van der Waals surface area contributed by atoms with Crippen LogP contribution in [0.3, 0.4) is 0 Å². The number of hydrogen-bond acceptors (Lipinski definition) is 2. The molecule has 0 N–H and O–H groups in total. The highest BCUT2D eigenvalue weighted by Crippen LogP contribution is 1.98. The Hall–Kier alpha value is 0.110. The molecule has 0 aromatic heterocycles. The molecular formula is C3H5BrN2. The van der Waals surface area contributed by atoms with E-state index in [2.05, 4.69) is 21.1 Å². The van der Waals surface area contributed by atoms with Crippen LogP contribution in [0.2, 0.25) is 0 Å². The standard InChI is InChI=1S/C3H5BrN2/c4-6-2-1-5-3-6/h1H,2-3H2. The largest absolute Gasteiger partial charge is 0.280 e. The van der Waals surface area contributed by atoms with Crippen molar-refractivity contribution in [3.8, 4) is 0 Å². The minimum absolute atomic E-state index is 0.806. The molecule has 0 fully saturated rings. The zero-order chi connectivity index (χ0) is 4.41. The van der Waals surface area contributed by atoms with Gasteiger partial charge in [0.2, 0.25) is 0 Å². The van der Waals surface area contributed by atoms with Crippen molar-refractivity contribution in [2.24, 2.45) is 4.99 Å². The summed E-state index contributed by atoms with van der Waals surface area (Å²) in [6, 6.07) is 0. The summed E-state index contributed by atoms with van der Waals surface area (Å²) >= 11 is 3.25. The van der Waals surface area contributed by atoms with Crippen molar-refractivity contribution < 1.29 is 0 Å². The molecule has 2 nitrogen and oxygen atoms in total. The molecular weight excluding hydrogens is 144 g/mol. The molecule has 0 atom stereocenters. The van der Waals surface area contributed by atoms with Gasteiger partial charge in [0.25, 0.3) is 0 Å². The van der Waals surface area contributed by atoms with E-state index in [9.17, 15) is 0 Å². The van der Waals surface area contributed by atoms with Crippen LogP contribution in [0.4, 0.5) is 0 Å². The average molecular weight is 149 g/mol. The third-order valence-corrected chi connectivity index (χ3v) is 1.16. The van der Waals surface area contributed by atoms with Gasteiger partial charge in [0.1, 0.15) is 6.67 Å². The summed E-state index contributed by atoms with van der Waals surface area (Å²) in [6.45, 7) is 1.75. The highest BCUT2D eigenvalue weighted by atomic mass is 79.9. The first kappa shape index (κ1) is 4.27. The Morgan fingerprint density at radius 2 is 2.67 bits per heavy atom. The molecule has 34 valence electrons. The van der Waals surface area contributed by atoms with Crippen molar-refractivity contribution in [2.45, 2.75) is 0 Å². The Bertz CT molecular complexity index is 63.2. The first-order chi connectivity index (χ1) is 2.89. The Kier molecular flexibility index (Phi) is 1.22. The van der Waals surface area contributed by atoms with Crippen molar-refractivity contribution in [1.82, 2.24) is 3.93 Å². The maximum Gasteiger partial charge on any atom is 0.101 e. The lowest BCUT2D eigenvalue weighted by atomic mass is 10.8. The topological polar surface area (TPSA) is 15.6 Å². The van der Waals surface area contributed by atoms with Crippen LogP contribution in [0.25, 0.3) is 0 Å². The minimum Gasteiger partial charge on any atom is -0.280 e. The molecule has 0 aromatic carbocycles. The van der Waals surface area contributed by atoms with Gasteiger partial charge in [0.15, 0.2) is 0 Å². The second kappa shape index (κ2) is 1.71. The first-order valence-corrected chi connectivity index (χ1v) is 2.49. The van der Waals surface area contributed by atoms with E-state index in [1.54, 1.807) is 0 Å². The number of hydrogen-bond donors (Lipinski definition) is 0. The highest BCUT2D eigenvalue weighted by molar-refractivity contribution is 9.07. The molecule has 0 bridgehead atoms. The second-order valence-electron chi connectivity index (χ2n) is 1.15. The maximum atomic E-state index is 3.92. The van der Waals surface area contributed by atoms with Crippen molar-refractivity contribution >= 4 is 22.4 Å². The van der Waals surface area contributed by atoms with Crippen molar-refractivity contribution in [3.05, 3.63) is 0 Å². The van der Waals surface area contributed by atoms with Gasteiger partial charge in [-0.2, -0.15) is 0 Å². The molecule has 0 amide bonds. The number of nitrogens with zero attached hydrogens (tertiary/aromatic N) is 2. The monoisotopic (exact) mass is 148 g/mol. The van der Waals surface area contributed by atoms with Crippen LogP contribution in [-0.4, -0.2) is 23.4 Å². The number of rotatable bonds is 0. The van der Waals surface area contributed by atoms with Gasteiger partial charge in [-0.1, -0.05) is 0 Å². The van der Waals surface area contributed by atoms with E-state index in [1.165, 1.54) is 0 Å². The zero-order valence-electron chi connectivity index (χ0n) is 3.26. The van der Waals surface area contributed by atoms with Crippen LogP contribution in [-0.2, 0) is 0 Å². The Morgan fingerprint density at radius 3 is 2.83 bits per heavy atom. The average Bonchev–Trinajstić information content (AvgIpc) is 1.86. The van der Waals surface area contributed by atoms with E-state index in [0.29, 0.717) is 0 Å². The summed E-state index contributed by atoms with van der Waals surface area (Å²) < 4.78 is 1.95. The molecule has 1 aliphatic heterocycles. The van der Waals surface area contributed by atoms with Crippen LogP contribution in [0.1, 0.15) is 0 Å². The van der Waals surface area contributed by atoms with E-state index < -0.39 is 0 Å². The summed E-state index contributed by atoms with van der Waals surface area (Å²) in [5.41, 5.74) is 0. The molecule has 1 rings (SSSR count). The minimum atomic E-state index is 0.806. The van der Waals surface area contributed by atoms with Crippen LogP contribution in [0.15, 0.2) is 4.99 Å². The van der Waals surface area contributed by atoms with Crippen molar-refractivity contribution in [2.75, 3.05) is 13.2 Å². The fourth-order valence-corrected chi connectivity index (χ4v) is 0.609. The third kappa shape index (κ3) is 0.786. The lowest BCUT2D eigenvalue weighted by Crippen LogP contribution is -2.04. The molecule has 0 aromatic rings. The van der Waals surface area contributed by atoms with Gasteiger partial charge in [-0.25, -0.2) is 3.93 Å². The van der Waals surface area contributed by atoms with E-state index >= 15 is 0 Å². The third-order valence-electron chi connectivity index (χ3n) is 0.644. The first-order valence-electron chi connectivity index (χ1n) is 1.78. The molecule has 0 aliphatic carbocycles. The predicted molar refractivity (Wildman–Crippen MR) is 29.0 cm³/mol. The molecule has 6 heavy (non-hydrogen) atoms. The molecule has 1 aliphatic rings. The van der Waals surface area contributed by atoms with Gasteiger partial charge < -0.3 is 0 Å². The normalized spacial score (nSPS) is 22.8. The van der Waals surface area contributed by atoms with E-state index in [0.717, 1.165) is 13.2 Å². The Labute approximate surface area is 45.2 Å². The summed E-state index contributed by atoms with van der Waals surface area (Å²) in [5, 5.41) is 0. The Balaban J connectivity index is 2.32. The van der Waals surface area contributed by atoms with E-state index in [-0.39, 0.29) is 0 Å². The van der Waals surface area contributed by atoms with E-state index in [1.807, 2.05) is 10.1 Å². The molecule has 1 heterocycles. The van der Waals surface area contributed by atoms with Crippen LogP contribution in [0.5, 0.6) is 0 Å². The molecule has 3 heteroatoms. The SMILES string of the molecule is BrN1CC=NC1. The summed E-state index contributed by atoms with van der Waals surface area (Å²) in [5.74, 6) is 0. The van der Waals surface area contributed by atoms with Crippen LogP contribution < -0.4 is 0 Å². The quantitative estimate of drug-likeness (QED) is 0.461. The summed E-state index contributed by atoms with van der Waals surface area (Å²) in [7, 11) is 0. The molecule has 0 radical (unpaired) electrons. The molecule has 0 saturated heterocycles. The molecule has 0 unspecified atom stereocenters. The second-order valence-corrected chi connectivity index (χ2v) is 2.15. The summed E-state index contributed by atoms with van der Waals surface area (Å²) in [6.07, 6.45) is 1.88. The zero-order valence-corrected chi connectivity index (χ0v) is 4.85. The van der Waals surface area contributed by atoms with Crippen LogP contribution >= 0.6 is 16.1 Å². The van der Waals surface area contributed by atoms with E-state index in [4.69, 9.17) is 0 Å². The van der Waals surface area contributed by atoms with Gasteiger partial charge in [-0.15, -0.1) is 0 Å². The molecule has 0 saturated carbocycles. The maximum absolute atomic E-state index is 3.92. The fourth-order valence-electron chi connectivity index (χ4n) is 0.350. The number of halogens is 1. The lowest BCUT2D eigenvalue weighted by Gasteiger charge is -1.95. The Morgan fingerprint density at radius 1 is 1.83 bits per heavy atom. The molecule has 0 spiro atoms. The fraction of sp³-hybridized carbons (Fsp3) is 0.667. The summed E-state index contributed by atoms with van der Waals surface area (Å²) in [4.78, 5) is 3.92.